The predicted molar refractivity (Wildman–Crippen MR) is 164 cm³/mol. The molecule has 252 valence electrons. The van der Waals surface area contributed by atoms with Gasteiger partial charge in [0.05, 0.1) is 17.8 Å². The van der Waals surface area contributed by atoms with Crippen molar-refractivity contribution in [1.82, 2.24) is 0 Å². The molecule has 0 bridgehead atoms. The first-order valence-electron chi connectivity index (χ1n) is 16.6. The number of alkyl halides is 3. The SMILES string of the molecule is COCO[C@@H]1CC[C@]2(C)[C@H]3CC[C@]4(C)[C@@H]([C@H](C)[C@@H](/C=C/C(F)(F)F)OC(=O)c5ccccc5)CC[C@H]4[C@@H]3C[C@H](OCOC)[C@@H]2C1. The Balaban J connectivity index is 1.38. The summed E-state index contributed by atoms with van der Waals surface area (Å²) in [5.74, 6) is 1.04. The number of halogens is 3. The molecule has 4 aliphatic rings. The lowest BCUT2D eigenvalue weighted by Gasteiger charge is -2.63. The number of rotatable bonds is 11. The van der Waals surface area contributed by atoms with Gasteiger partial charge < -0.3 is 23.7 Å². The molecule has 4 fully saturated rings. The van der Waals surface area contributed by atoms with Crippen LogP contribution in [0.4, 0.5) is 13.2 Å². The molecule has 6 nitrogen and oxygen atoms in total. The Labute approximate surface area is 266 Å². The topological polar surface area (TPSA) is 63.2 Å². The molecule has 1 aromatic carbocycles. The van der Waals surface area contributed by atoms with Gasteiger partial charge in [-0.15, -0.1) is 0 Å². The minimum Gasteiger partial charge on any atom is -0.454 e. The summed E-state index contributed by atoms with van der Waals surface area (Å²) in [6.45, 7) is 7.32. The van der Waals surface area contributed by atoms with Crippen molar-refractivity contribution in [3.8, 4) is 0 Å². The Bertz CT molecular complexity index is 1160. The highest BCUT2D eigenvalue weighted by Crippen LogP contribution is 2.68. The van der Waals surface area contributed by atoms with Crippen LogP contribution in [0.1, 0.15) is 82.5 Å². The van der Waals surface area contributed by atoms with Crippen molar-refractivity contribution in [2.24, 2.45) is 46.3 Å². The van der Waals surface area contributed by atoms with Crippen molar-refractivity contribution in [2.75, 3.05) is 27.8 Å². The molecule has 45 heavy (non-hydrogen) atoms. The van der Waals surface area contributed by atoms with E-state index in [-0.39, 0.29) is 47.7 Å². The third kappa shape index (κ3) is 7.16. The molecule has 4 aliphatic carbocycles. The fourth-order valence-corrected chi connectivity index (χ4v) is 10.3. The molecule has 0 aromatic heterocycles. The first-order chi connectivity index (χ1) is 21.4. The van der Waals surface area contributed by atoms with E-state index in [2.05, 4.69) is 13.8 Å². The quantitative estimate of drug-likeness (QED) is 0.139. The fraction of sp³-hybridized carbons (Fsp3) is 0.750. The van der Waals surface area contributed by atoms with Crippen LogP contribution >= 0.6 is 0 Å². The molecule has 0 amide bonds. The van der Waals surface area contributed by atoms with Crippen LogP contribution in [-0.2, 0) is 23.7 Å². The Morgan fingerprint density at radius 3 is 2.27 bits per heavy atom. The Morgan fingerprint density at radius 1 is 0.911 bits per heavy atom. The van der Waals surface area contributed by atoms with Gasteiger partial charge in [-0.3, -0.25) is 0 Å². The van der Waals surface area contributed by atoms with Crippen LogP contribution in [0, 0.1) is 46.3 Å². The van der Waals surface area contributed by atoms with E-state index in [1.165, 1.54) is 0 Å². The summed E-state index contributed by atoms with van der Waals surface area (Å²) >= 11 is 0. The molecule has 0 radical (unpaired) electrons. The zero-order chi connectivity index (χ0) is 32.4. The molecule has 4 saturated carbocycles. The standard InChI is InChI=1S/C36H51F3O6/c1-23(31(15-18-36(37,38)39)45-33(40)24-9-7-6-8-10-24)27-11-12-28-26-20-32(44-22-42-5)30-19-25(43-21-41-4)13-16-35(30,3)29(26)14-17-34(27,28)2/h6-10,15,18,23,25-32H,11-14,16-17,19-22H2,1-5H3/b18-15+/t23-,25+,26-,27+,28-,29-,30-,31+,32-,34+,35+/m0/s1. The lowest BCUT2D eigenvalue weighted by Crippen LogP contribution is -2.59. The summed E-state index contributed by atoms with van der Waals surface area (Å²) in [4.78, 5) is 13.0. The third-order valence-corrected chi connectivity index (χ3v) is 12.4. The Kier molecular flexibility index (Phi) is 10.7. The summed E-state index contributed by atoms with van der Waals surface area (Å²) in [6.07, 6.45) is 4.01. The number of carbonyl (C=O) groups excluding carboxylic acids is 1. The number of hydrogen-bond donors (Lipinski definition) is 0. The summed E-state index contributed by atoms with van der Waals surface area (Å²) in [5, 5.41) is 0. The molecule has 1 aromatic rings. The van der Waals surface area contributed by atoms with E-state index < -0.39 is 18.2 Å². The second kappa shape index (κ2) is 14.0. The van der Waals surface area contributed by atoms with Gasteiger partial charge in [0.25, 0.3) is 0 Å². The van der Waals surface area contributed by atoms with Crippen molar-refractivity contribution in [3.63, 3.8) is 0 Å². The molecule has 0 spiro atoms. The monoisotopic (exact) mass is 636 g/mol. The van der Waals surface area contributed by atoms with Crippen molar-refractivity contribution >= 4 is 5.97 Å². The van der Waals surface area contributed by atoms with Gasteiger partial charge in [0.1, 0.15) is 19.7 Å². The largest absolute Gasteiger partial charge is 0.454 e. The number of allylic oxidation sites excluding steroid dienone is 1. The minimum atomic E-state index is -4.49. The maximum absolute atomic E-state index is 13.4. The summed E-state index contributed by atoms with van der Waals surface area (Å²) < 4.78 is 69.0. The number of benzene rings is 1. The molecule has 0 N–H and O–H groups in total. The smallest absolute Gasteiger partial charge is 0.409 e. The van der Waals surface area contributed by atoms with Gasteiger partial charge in [0.2, 0.25) is 0 Å². The van der Waals surface area contributed by atoms with Crippen LogP contribution in [-0.4, -0.2) is 58.3 Å². The number of carbonyl (C=O) groups is 1. The lowest BCUT2D eigenvalue weighted by molar-refractivity contribution is -0.214. The van der Waals surface area contributed by atoms with E-state index >= 15 is 0 Å². The first kappa shape index (κ1) is 34.4. The molecule has 11 atom stereocenters. The average Bonchev–Trinajstić information content (AvgIpc) is 3.37. The summed E-state index contributed by atoms with van der Waals surface area (Å²) in [5.41, 5.74) is 0.376. The second-order valence-electron chi connectivity index (χ2n) is 14.5. The molecule has 0 aliphatic heterocycles. The highest BCUT2D eigenvalue weighted by Gasteiger charge is 2.63. The number of methoxy groups -OCH3 is 2. The molecule has 0 unspecified atom stereocenters. The van der Waals surface area contributed by atoms with Crippen molar-refractivity contribution in [1.29, 1.82) is 0 Å². The van der Waals surface area contributed by atoms with Gasteiger partial charge in [-0.2, -0.15) is 13.2 Å². The maximum Gasteiger partial charge on any atom is 0.409 e. The zero-order valence-corrected chi connectivity index (χ0v) is 27.4. The van der Waals surface area contributed by atoms with Crippen molar-refractivity contribution in [3.05, 3.63) is 48.0 Å². The minimum absolute atomic E-state index is 0.0539. The summed E-state index contributed by atoms with van der Waals surface area (Å²) in [7, 11) is 3.31. The molecular formula is C36H51F3O6. The van der Waals surface area contributed by atoms with E-state index in [9.17, 15) is 18.0 Å². The molecule has 5 rings (SSSR count). The van der Waals surface area contributed by atoms with Crippen LogP contribution in [0.3, 0.4) is 0 Å². The van der Waals surface area contributed by atoms with Gasteiger partial charge >= 0.3 is 12.1 Å². The lowest BCUT2D eigenvalue weighted by atomic mass is 9.43. The summed E-state index contributed by atoms with van der Waals surface area (Å²) in [6, 6.07) is 8.48. The Hall–Kier alpha value is -1.94. The van der Waals surface area contributed by atoms with Crippen LogP contribution < -0.4 is 0 Å². The highest BCUT2D eigenvalue weighted by atomic mass is 19.4. The van der Waals surface area contributed by atoms with E-state index in [1.807, 2.05) is 6.92 Å². The maximum atomic E-state index is 13.4. The Morgan fingerprint density at radius 2 is 1.58 bits per heavy atom. The van der Waals surface area contributed by atoms with E-state index in [1.54, 1.807) is 44.6 Å². The number of fused-ring (bicyclic) bond motifs is 5. The van der Waals surface area contributed by atoms with Gasteiger partial charge in [-0.05, 0) is 110 Å². The fourth-order valence-electron chi connectivity index (χ4n) is 10.3. The molecule has 0 heterocycles. The number of ether oxygens (including phenoxy) is 5. The normalized spacial score (nSPS) is 37.8. The van der Waals surface area contributed by atoms with Gasteiger partial charge in [-0.25, -0.2) is 4.79 Å². The van der Waals surface area contributed by atoms with Gasteiger partial charge in [0.15, 0.2) is 0 Å². The number of esters is 1. The van der Waals surface area contributed by atoms with Gasteiger partial charge in [-0.1, -0.05) is 39.0 Å². The van der Waals surface area contributed by atoms with Crippen LogP contribution in [0.25, 0.3) is 0 Å². The second-order valence-corrected chi connectivity index (χ2v) is 14.5. The van der Waals surface area contributed by atoms with E-state index in [0.29, 0.717) is 36.0 Å². The van der Waals surface area contributed by atoms with E-state index in [0.717, 1.165) is 57.4 Å². The third-order valence-electron chi connectivity index (χ3n) is 12.4. The molecular weight excluding hydrogens is 585 g/mol. The van der Waals surface area contributed by atoms with Crippen LogP contribution in [0.2, 0.25) is 0 Å². The van der Waals surface area contributed by atoms with Crippen LogP contribution in [0.15, 0.2) is 42.5 Å². The van der Waals surface area contributed by atoms with Gasteiger partial charge in [0, 0.05) is 26.2 Å². The zero-order valence-electron chi connectivity index (χ0n) is 27.4. The first-order valence-corrected chi connectivity index (χ1v) is 16.6. The predicted octanol–water partition coefficient (Wildman–Crippen LogP) is 8.21. The average molecular weight is 637 g/mol. The molecule has 0 saturated heterocycles. The van der Waals surface area contributed by atoms with Crippen molar-refractivity contribution in [2.45, 2.75) is 96.6 Å². The molecule has 9 heteroatoms. The number of hydrogen-bond acceptors (Lipinski definition) is 6. The van der Waals surface area contributed by atoms with Crippen LogP contribution in [0.5, 0.6) is 0 Å². The van der Waals surface area contributed by atoms with Crippen molar-refractivity contribution < 1.29 is 41.7 Å². The van der Waals surface area contributed by atoms with E-state index in [4.69, 9.17) is 23.7 Å². The highest BCUT2D eigenvalue weighted by molar-refractivity contribution is 5.89.